The van der Waals surface area contributed by atoms with Crippen molar-refractivity contribution in [1.29, 1.82) is 0 Å². The van der Waals surface area contributed by atoms with Gasteiger partial charge in [0.05, 0.1) is 6.55 Å². The van der Waals surface area contributed by atoms with Gasteiger partial charge in [-0.1, -0.05) is 149 Å². The van der Waals surface area contributed by atoms with E-state index >= 15 is 0 Å². The van der Waals surface area contributed by atoms with E-state index in [4.69, 9.17) is 0 Å². The molecule has 2 aromatic rings. The highest BCUT2D eigenvalue weighted by molar-refractivity contribution is 8.17. The van der Waals surface area contributed by atoms with Crippen molar-refractivity contribution in [2.75, 3.05) is 20.0 Å². The highest BCUT2D eigenvalue weighted by atomic mass is 31.8. The van der Waals surface area contributed by atoms with Gasteiger partial charge in [-0.2, -0.15) is 0 Å². The van der Waals surface area contributed by atoms with E-state index in [0.717, 1.165) is 0 Å². The molecule has 0 unspecified atom stereocenters. The summed E-state index contributed by atoms with van der Waals surface area (Å²) in [4.78, 5) is 0. The molecule has 0 amide bonds. The molecule has 0 atom stereocenters. The van der Waals surface area contributed by atoms with Crippen LogP contribution in [0.25, 0.3) is 0 Å². The quantitative estimate of drug-likeness (QED) is 0.302. The van der Waals surface area contributed by atoms with Gasteiger partial charge in [0.25, 0.3) is 0 Å². The first kappa shape index (κ1) is 36.4. The third-order valence-electron chi connectivity index (χ3n) is 8.21. The van der Waals surface area contributed by atoms with Crippen LogP contribution in [0.5, 0.6) is 0 Å². The van der Waals surface area contributed by atoms with E-state index in [1.54, 1.807) is 32.9 Å². The van der Waals surface area contributed by atoms with Crippen molar-refractivity contribution >= 4 is 24.4 Å². The maximum atomic E-state index is 2.62. The lowest BCUT2D eigenvalue weighted by Gasteiger charge is -2.35. The van der Waals surface area contributed by atoms with E-state index in [0.29, 0.717) is 0 Å². The summed E-state index contributed by atoms with van der Waals surface area (Å²) < 4.78 is 0. The second kappa shape index (κ2) is 11.0. The van der Waals surface area contributed by atoms with E-state index in [2.05, 4.69) is 169 Å². The van der Waals surface area contributed by atoms with Crippen LogP contribution in [-0.4, -0.2) is 20.0 Å². The minimum atomic E-state index is -1.40. The molecule has 2 aromatic carbocycles. The summed E-state index contributed by atoms with van der Waals surface area (Å²) >= 11 is 0. The van der Waals surface area contributed by atoms with Gasteiger partial charge >= 0.3 is 0 Å². The first-order valence-electron chi connectivity index (χ1n) is 15.8. The zero-order valence-corrected chi connectivity index (χ0v) is 33.0. The largest absolute Gasteiger partial charge is 0.158 e. The zero-order valence-electron chi connectivity index (χ0n) is 31.2. The molecule has 0 fully saturated rings. The summed E-state index contributed by atoms with van der Waals surface area (Å²) in [6.07, 6.45) is 0. The fourth-order valence-electron chi connectivity index (χ4n) is 5.59. The van der Waals surface area contributed by atoms with Crippen molar-refractivity contribution in [1.82, 2.24) is 0 Å². The lowest BCUT2D eigenvalue weighted by molar-refractivity contribution is 0.553. The van der Waals surface area contributed by atoms with Gasteiger partial charge in [0, 0.05) is 22.3 Å². The van der Waals surface area contributed by atoms with E-state index in [9.17, 15) is 0 Å². The maximum Gasteiger partial charge on any atom is 0.158 e. The summed E-state index contributed by atoms with van der Waals surface area (Å²) in [5, 5.41) is 3.35. The number of benzene rings is 2. The average Bonchev–Trinajstić information content (AvgIpc) is 2.67. The fraction of sp³-hybridized carbons (Fsp3) is 0.692. The van der Waals surface area contributed by atoms with Crippen LogP contribution in [0, 0.1) is 0 Å². The predicted octanol–water partition coefficient (Wildman–Crippen LogP) is 11.7. The van der Waals surface area contributed by atoms with Gasteiger partial charge in [0.2, 0.25) is 0 Å². The van der Waals surface area contributed by atoms with Crippen molar-refractivity contribution in [2.24, 2.45) is 0 Å². The first-order chi connectivity index (χ1) is 17.8. The second-order valence-corrected chi connectivity index (χ2v) is 29.8. The van der Waals surface area contributed by atoms with Gasteiger partial charge in [-0.05, 0) is 63.6 Å². The Hall–Kier alpha value is -0.830. The smallest absolute Gasteiger partial charge is 0.0561 e. The number of rotatable bonds is 2. The molecule has 0 aromatic heterocycles. The molecular weight excluding hydrogens is 530 g/mol. The Morgan fingerprint density at radius 2 is 0.561 bits per heavy atom. The Balaban J connectivity index is 3.52. The van der Waals surface area contributed by atoms with Gasteiger partial charge in [-0.25, -0.2) is 0 Å². The molecular formula is C39H67P2+. The normalized spacial score (nSPS) is 14.5. The van der Waals surface area contributed by atoms with Crippen LogP contribution < -0.4 is 10.6 Å². The molecule has 0 spiro atoms. The molecule has 0 saturated heterocycles. The Labute approximate surface area is 258 Å². The van der Waals surface area contributed by atoms with E-state index in [-0.39, 0.29) is 32.5 Å². The molecule has 0 nitrogen and oxygen atoms in total. The van der Waals surface area contributed by atoms with Crippen LogP contribution in [0.1, 0.15) is 158 Å². The Morgan fingerprint density at radius 3 is 0.683 bits per heavy atom. The molecule has 0 aliphatic rings. The molecule has 0 aliphatic carbocycles. The van der Waals surface area contributed by atoms with Crippen molar-refractivity contribution in [3.05, 3.63) is 57.6 Å². The first-order valence-corrected chi connectivity index (χ1v) is 21.0. The molecule has 41 heavy (non-hydrogen) atoms. The van der Waals surface area contributed by atoms with Gasteiger partial charge in [-0.15, -0.1) is 0 Å². The summed E-state index contributed by atoms with van der Waals surface area (Å²) in [6.45, 7) is 50.0. The Bertz CT molecular complexity index is 1160. The molecule has 0 saturated carbocycles. The number of hydrogen-bond donors (Lipinski definition) is 0. The monoisotopic (exact) mass is 597 g/mol. The van der Waals surface area contributed by atoms with Crippen molar-refractivity contribution < 1.29 is 0 Å². The van der Waals surface area contributed by atoms with Gasteiger partial charge < -0.3 is 0 Å². The number of hydrogen-bond acceptors (Lipinski definition) is 0. The maximum absolute atomic E-state index is 2.62. The minimum Gasteiger partial charge on any atom is -0.0561 e. The van der Waals surface area contributed by atoms with Crippen LogP contribution in [0.2, 0.25) is 0 Å². The summed E-state index contributed by atoms with van der Waals surface area (Å²) in [5.74, 6) is 0. The zero-order chi connectivity index (χ0) is 32.5. The Morgan fingerprint density at radius 1 is 0.366 bits per heavy atom. The minimum absolute atomic E-state index is 0.0431. The average molecular weight is 598 g/mol. The molecule has 2 heteroatoms. The van der Waals surface area contributed by atoms with Crippen molar-refractivity contribution in [2.45, 2.75) is 157 Å². The van der Waals surface area contributed by atoms with Crippen LogP contribution in [0.15, 0.2) is 24.3 Å². The van der Waals surface area contributed by atoms with E-state index in [1.165, 1.54) is 11.1 Å². The van der Waals surface area contributed by atoms with Crippen LogP contribution in [0.3, 0.4) is 0 Å². The highest BCUT2D eigenvalue weighted by Gasteiger charge is 2.44. The molecule has 0 radical (unpaired) electrons. The van der Waals surface area contributed by atoms with Gasteiger partial charge in [0.1, 0.15) is 0 Å². The van der Waals surface area contributed by atoms with Crippen LogP contribution in [0.4, 0.5) is 0 Å². The lowest BCUT2D eigenvalue weighted by atomic mass is 9.75. The van der Waals surface area contributed by atoms with Crippen molar-refractivity contribution in [3.63, 3.8) is 0 Å². The lowest BCUT2D eigenvalue weighted by Crippen LogP contribution is -2.36. The highest BCUT2D eigenvalue weighted by Crippen LogP contribution is 2.59. The van der Waals surface area contributed by atoms with Gasteiger partial charge in [0.15, 0.2) is 17.8 Å². The van der Waals surface area contributed by atoms with E-state index in [1.807, 2.05) is 0 Å². The molecule has 232 valence electrons. The molecule has 0 aliphatic heterocycles. The van der Waals surface area contributed by atoms with Crippen LogP contribution >= 0.6 is 13.8 Å². The van der Waals surface area contributed by atoms with E-state index < -0.39 is 13.8 Å². The third-order valence-corrected chi connectivity index (χ3v) is 16.0. The van der Waals surface area contributed by atoms with Gasteiger partial charge in [-0.3, -0.25) is 0 Å². The Kier molecular flexibility index (Phi) is 9.72. The molecule has 0 bridgehead atoms. The molecule has 2 rings (SSSR count). The fourth-order valence-corrected chi connectivity index (χ4v) is 14.4. The third kappa shape index (κ3) is 8.21. The molecule has 0 heterocycles. The summed E-state index contributed by atoms with van der Waals surface area (Å²) in [5.41, 5.74) is 9.56. The molecule has 0 N–H and O–H groups in total. The standard InChI is InChI=1S/C39H67P2/c1-34(2,3)26-22-28(36(7,8)9)32(29(23-26)37(10,11)12)40(41(19,20)21)33-30(38(13,14)15)24-27(35(4,5)6)25-31(33)39(16,17)18/h22-25H,1-21H3/q+1. The summed E-state index contributed by atoms with van der Waals surface area (Å²) in [7, 11) is -0.618. The van der Waals surface area contributed by atoms with Crippen LogP contribution in [-0.2, 0) is 32.5 Å². The topological polar surface area (TPSA) is 0 Å². The summed E-state index contributed by atoms with van der Waals surface area (Å²) in [6, 6.07) is 10.4. The SMILES string of the molecule is CC(C)(C)c1cc(C(C)(C)C)c([P+](c2c(C(C)(C)C)cc(C(C)(C)C)cc2C(C)(C)C)=P(C)(C)C)c(C(C)(C)C)c1. The second-order valence-electron chi connectivity index (χ2n) is 19.6. The predicted molar refractivity (Wildman–Crippen MR) is 196 cm³/mol. The van der Waals surface area contributed by atoms with Crippen molar-refractivity contribution in [3.8, 4) is 0 Å².